The molecule has 0 unspecified atom stereocenters. The molecule has 3 aromatic carbocycles. The molecule has 2 fully saturated rings. The maximum atomic E-state index is 9.93. The van der Waals surface area contributed by atoms with Crippen LogP contribution >= 0.6 is 7.92 Å². The van der Waals surface area contributed by atoms with Crippen molar-refractivity contribution in [1.82, 2.24) is 0 Å². The number of benzene rings is 3. The van der Waals surface area contributed by atoms with Gasteiger partial charge in [-0.15, -0.1) is 0 Å². The van der Waals surface area contributed by atoms with Gasteiger partial charge in [0, 0.05) is 16.4 Å². The molecule has 45 heavy (non-hydrogen) atoms. The topological polar surface area (TPSA) is 12.4 Å². The Morgan fingerprint density at radius 1 is 0.622 bits per heavy atom. The maximum Gasteiger partial charge on any atom is 2.00 e. The van der Waals surface area contributed by atoms with Crippen molar-refractivity contribution < 1.29 is 54.2 Å². The number of para-hydroxylation sites is 1. The van der Waals surface area contributed by atoms with Gasteiger partial charge in [-0.2, -0.15) is 0 Å². The summed E-state index contributed by atoms with van der Waals surface area (Å²) in [5.74, 6) is 0.776. The van der Waals surface area contributed by atoms with E-state index >= 15 is 0 Å². The fourth-order valence-electron chi connectivity index (χ4n) is 5.57. The third-order valence-electron chi connectivity index (χ3n) is 7.92. The number of hydrogen-bond donors (Lipinski definition) is 0. The molecular formula is C28H30F12NPPdSb2. The molecule has 2 aliphatic carbocycles. The van der Waals surface area contributed by atoms with Crippen molar-refractivity contribution in [2.24, 2.45) is 21.7 Å². The Kier molecular flexibility index (Phi) is 10.7. The molecular weight excluding hydrogens is 959 g/mol. The zero-order valence-electron chi connectivity index (χ0n) is 23.9. The summed E-state index contributed by atoms with van der Waals surface area (Å²) in [6.45, 7) is 7.37. The molecule has 256 valence electrons. The average molecular weight is 989 g/mol. The SMILES string of the molecule is CC1(C)[C@@H]2CC[C@@]1(C)C(=Nc1ccccc1P(c1ccccc1)c1ccccc1)C2.[F][Sb-]([F])([F])([F])([F])[F].[F][Sb-]([F])([F])([F])([F])[F].[Pd+2]. The molecule has 0 aromatic heterocycles. The zero-order chi connectivity index (χ0) is 33.6. The van der Waals surface area contributed by atoms with Crippen LogP contribution in [0.1, 0.15) is 40.0 Å². The second-order valence-electron chi connectivity index (χ2n) is 11.5. The number of aliphatic imine (C=N–C) groups is 1. The summed E-state index contributed by atoms with van der Waals surface area (Å²) in [6, 6.07) is 30.7. The molecule has 0 amide bonds. The summed E-state index contributed by atoms with van der Waals surface area (Å²) in [7, 11) is -0.642. The van der Waals surface area contributed by atoms with E-state index in [1.807, 2.05) is 0 Å². The largest absolute Gasteiger partial charge is 2.00 e. The van der Waals surface area contributed by atoms with Gasteiger partial charge in [-0.3, -0.25) is 4.99 Å². The van der Waals surface area contributed by atoms with E-state index in [1.165, 1.54) is 34.5 Å². The van der Waals surface area contributed by atoms with Crippen LogP contribution in [0.3, 0.4) is 0 Å². The standard InChI is InChI=1S/C28H30NP.12FH.Pd.2Sb/c1-27(2)21-18-19-28(27,3)26(20-21)29-24-16-10-11-17-25(24)30(22-12-6-4-7-13-22)23-14-8-5-9-15-23;;;;;;;;;;;;;;;/h4-17,21H,18-20H2,1-3H3;12*1H;;;/q;;;;;;;;;;;;;+2;2*+5/p-12/t21-,28+;;;;;;;;;;;;;;;/m1.............../s1. The Morgan fingerprint density at radius 2 is 1.00 bits per heavy atom. The second-order valence-corrected chi connectivity index (χ2v) is 24.6. The predicted octanol–water partition coefficient (Wildman–Crippen LogP) is 10.6. The minimum atomic E-state index is -11.2. The van der Waals surface area contributed by atoms with Crippen LogP contribution in [0.25, 0.3) is 0 Å². The molecule has 0 heterocycles. The number of hydrogen-bond acceptors (Lipinski definition) is 1. The van der Waals surface area contributed by atoms with Crippen LogP contribution in [-0.2, 0) is 20.4 Å². The van der Waals surface area contributed by atoms with Crippen molar-refractivity contribution in [1.29, 1.82) is 0 Å². The van der Waals surface area contributed by atoms with Gasteiger partial charge in [-0.25, -0.2) is 0 Å². The molecule has 0 saturated heterocycles. The van der Waals surface area contributed by atoms with E-state index in [2.05, 4.69) is 106 Å². The minimum absolute atomic E-state index is 0. The van der Waals surface area contributed by atoms with Gasteiger partial charge in [-0.1, -0.05) is 99.6 Å². The van der Waals surface area contributed by atoms with Crippen molar-refractivity contribution >= 4 is 74.2 Å². The summed E-state index contributed by atoms with van der Waals surface area (Å²) in [5.41, 5.74) is 3.17. The first-order valence-electron chi connectivity index (χ1n) is 13.1. The molecule has 1 nitrogen and oxygen atoms in total. The van der Waals surface area contributed by atoms with Crippen LogP contribution in [0.4, 0.5) is 39.4 Å². The molecule has 2 aliphatic rings. The Balaban J connectivity index is 0.000000396. The molecule has 0 radical (unpaired) electrons. The van der Waals surface area contributed by atoms with E-state index in [-0.39, 0.29) is 25.8 Å². The normalized spacial score (nSPS) is 24.4. The molecule has 0 aliphatic heterocycles. The number of rotatable bonds is 4. The van der Waals surface area contributed by atoms with Gasteiger partial charge in [-0.05, 0) is 55.2 Å². The molecule has 2 atom stereocenters. The molecule has 0 spiro atoms. The van der Waals surface area contributed by atoms with Gasteiger partial charge in [0.2, 0.25) is 0 Å². The quantitative estimate of drug-likeness (QED) is 0.140. The van der Waals surface area contributed by atoms with Crippen molar-refractivity contribution in [3.8, 4) is 0 Å². The summed E-state index contributed by atoms with van der Waals surface area (Å²) in [4.78, 5) is 5.41. The fraction of sp³-hybridized carbons (Fsp3) is 0.321. The van der Waals surface area contributed by atoms with Crippen LogP contribution in [0.5, 0.6) is 0 Å². The van der Waals surface area contributed by atoms with Crippen molar-refractivity contribution in [2.75, 3.05) is 0 Å². The van der Waals surface area contributed by atoms with Crippen molar-refractivity contribution in [3.05, 3.63) is 84.9 Å². The van der Waals surface area contributed by atoms with E-state index in [1.54, 1.807) is 0 Å². The van der Waals surface area contributed by atoms with Gasteiger partial charge in [0.05, 0.1) is 5.69 Å². The third kappa shape index (κ3) is 13.7. The Bertz CT molecular complexity index is 1430. The zero-order valence-corrected chi connectivity index (χ0v) is 31.5. The second kappa shape index (κ2) is 12.0. The first kappa shape index (κ1) is 40.4. The maximum absolute atomic E-state index is 11.2. The number of nitrogens with zero attached hydrogens (tertiary/aromatic N) is 1. The minimum Gasteiger partial charge on any atom is 2.00 e. The number of fused-ring (bicyclic) bond motifs is 2. The monoisotopic (exact) mass is 987 g/mol. The first-order valence-corrected chi connectivity index (χ1v) is 26.0. The summed E-state index contributed by atoms with van der Waals surface area (Å²) in [5, 5.41) is 4.12. The van der Waals surface area contributed by atoms with Crippen LogP contribution in [0.15, 0.2) is 89.9 Å². The molecule has 17 heteroatoms. The van der Waals surface area contributed by atoms with Gasteiger partial charge in [0.25, 0.3) is 0 Å². The van der Waals surface area contributed by atoms with Gasteiger partial charge in [0.1, 0.15) is 0 Å². The Morgan fingerprint density at radius 3 is 1.36 bits per heavy atom. The van der Waals surface area contributed by atoms with E-state index < -0.39 is 46.9 Å². The number of halogens is 12. The third-order valence-corrected chi connectivity index (χ3v) is 10.4. The summed E-state index contributed by atoms with van der Waals surface area (Å²) >= 11 is -22.5. The van der Waals surface area contributed by atoms with Crippen molar-refractivity contribution in [3.63, 3.8) is 0 Å². The van der Waals surface area contributed by atoms with Crippen LogP contribution < -0.4 is 15.9 Å². The first-order chi connectivity index (χ1) is 19.4. The summed E-state index contributed by atoms with van der Waals surface area (Å²) in [6.07, 6.45) is 3.79. The van der Waals surface area contributed by atoms with Gasteiger partial charge < -0.3 is 0 Å². The van der Waals surface area contributed by atoms with Crippen LogP contribution in [0.2, 0.25) is 0 Å². The smallest absolute Gasteiger partial charge is 2.00 e. The van der Waals surface area contributed by atoms with Crippen LogP contribution in [-0.4, -0.2) is 44.7 Å². The molecule has 5 rings (SSSR count). The van der Waals surface area contributed by atoms with E-state index in [9.17, 15) is 33.8 Å². The van der Waals surface area contributed by atoms with Crippen molar-refractivity contribution in [2.45, 2.75) is 40.0 Å². The van der Waals surface area contributed by atoms with E-state index in [4.69, 9.17) is 4.99 Å². The molecule has 2 bridgehead atoms. The molecule has 2 saturated carbocycles. The summed E-state index contributed by atoms with van der Waals surface area (Å²) < 4.78 is 119. The Labute approximate surface area is 273 Å². The Hall–Kier alpha value is -0.781. The van der Waals surface area contributed by atoms with Gasteiger partial charge >= 0.3 is 93.1 Å². The van der Waals surface area contributed by atoms with Gasteiger partial charge in [0.15, 0.2) is 0 Å². The molecule has 0 N–H and O–H groups in total. The van der Waals surface area contributed by atoms with Crippen LogP contribution in [0, 0.1) is 16.7 Å². The van der Waals surface area contributed by atoms with E-state index in [0.29, 0.717) is 5.41 Å². The molecule has 3 aromatic rings. The average Bonchev–Trinajstić information content (AvgIpc) is 3.17. The van der Waals surface area contributed by atoms with E-state index in [0.717, 1.165) is 18.0 Å². The predicted molar refractivity (Wildman–Crippen MR) is 156 cm³/mol. The fourth-order valence-corrected chi connectivity index (χ4v) is 7.96.